The lowest BCUT2D eigenvalue weighted by Crippen LogP contribution is -1.97. The maximum Gasteiger partial charge on any atom is 0.704 e. The molecule has 0 fully saturated rings. The first-order valence-corrected chi connectivity index (χ1v) is 13.5. The Kier molecular flexibility index (Phi) is 8.51. The predicted octanol–water partition coefficient (Wildman–Crippen LogP) is 9.87. The zero-order valence-electron chi connectivity index (χ0n) is 16.4. The van der Waals surface area contributed by atoms with Crippen LogP contribution in [0.15, 0.2) is 47.2 Å². The first kappa shape index (κ1) is 25.8. The fourth-order valence-electron chi connectivity index (χ4n) is 2.63. The van der Waals surface area contributed by atoms with E-state index in [9.17, 15) is 13.3 Å². The van der Waals surface area contributed by atoms with Gasteiger partial charge in [-0.05, 0) is 24.3 Å². The van der Waals surface area contributed by atoms with Crippen LogP contribution in [-0.4, -0.2) is 9.97 Å². The Hall–Kier alpha value is -1.26. The molecule has 0 spiro atoms. The molecule has 0 saturated carbocycles. The van der Waals surface area contributed by atoms with Gasteiger partial charge in [0.2, 0.25) is 0 Å². The molecular formula is C20H10Cl4F2N2O3PS2+. The van der Waals surface area contributed by atoms with Crippen molar-refractivity contribution in [3.05, 3.63) is 77.3 Å². The Labute approximate surface area is 221 Å². The SMILES string of the molecule is O=[P+](OC(F)c1nc(-c2ccc(Cl)c(Cl)c2)cs1)OC(F)c1nc(-c2ccc(Cl)c(Cl)c2)cs1. The van der Waals surface area contributed by atoms with Crippen LogP contribution in [0, 0.1) is 0 Å². The van der Waals surface area contributed by atoms with Crippen LogP contribution in [0.25, 0.3) is 22.5 Å². The van der Waals surface area contributed by atoms with Gasteiger partial charge in [-0.15, -0.1) is 22.7 Å². The summed E-state index contributed by atoms with van der Waals surface area (Å²) in [6, 6.07) is 9.65. The molecule has 0 N–H and O–H groups in total. The molecule has 2 aromatic carbocycles. The van der Waals surface area contributed by atoms with Crippen molar-refractivity contribution in [2.24, 2.45) is 0 Å². The summed E-state index contributed by atoms with van der Waals surface area (Å²) in [6.45, 7) is 0. The molecule has 176 valence electrons. The average Bonchev–Trinajstić information content (AvgIpc) is 3.48. The van der Waals surface area contributed by atoms with Crippen LogP contribution in [0.1, 0.15) is 22.7 Å². The number of hydrogen-bond donors (Lipinski definition) is 0. The van der Waals surface area contributed by atoms with Gasteiger partial charge in [-0.1, -0.05) is 67.6 Å². The van der Waals surface area contributed by atoms with Crippen LogP contribution in [0.3, 0.4) is 0 Å². The molecule has 2 atom stereocenters. The van der Waals surface area contributed by atoms with E-state index in [1.807, 2.05) is 0 Å². The first-order chi connectivity index (χ1) is 16.2. The van der Waals surface area contributed by atoms with Gasteiger partial charge in [0.1, 0.15) is 0 Å². The smallest absolute Gasteiger partial charge is 0.235 e. The van der Waals surface area contributed by atoms with Crippen molar-refractivity contribution in [2.45, 2.75) is 12.7 Å². The van der Waals surface area contributed by atoms with E-state index in [1.165, 1.54) is 0 Å². The van der Waals surface area contributed by atoms with Crippen LogP contribution in [0.2, 0.25) is 20.1 Å². The average molecular weight is 601 g/mol. The van der Waals surface area contributed by atoms with E-state index < -0.39 is 21.0 Å². The van der Waals surface area contributed by atoms with E-state index in [0.29, 0.717) is 42.6 Å². The quantitative estimate of drug-likeness (QED) is 0.188. The fraction of sp³-hybridized carbons (Fsp3) is 0.100. The summed E-state index contributed by atoms with van der Waals surface area (Å²) >= 11 is 25.6. The van der Waals surface area contributed by atoms with Gasteiger partial charge >= 0.3 is 21.0 Å². The molecular weight excluding hydrogens is 591 g/mol. The normalized spacial score (nSPS) is 13.6. The van der Waals surface area contributed by atoms with Gasteiger partial charge in [0.15, 0.2) is 10.0 Å². The van der Waals surface area contributed by atoms with Crippen LogP contribution in [0.5, 0.6) is 0 Å². The van der Waals surface area contributed by atoms with E-state index >= 15 is 0 Å². The lowest BCUT2D eigenvalue weighted by atomic mass is 10.2. The molecule has 0 saturated heterocycles. The summed E-state index contributed by atoms with van der Waals surface area (Å²) in [5, 5.41) is 4.25. The largest absolute Gasteiger partial charge is 0.704 e. The van der Waals surface area contributed by atoms with Crippen LogP contribution < -0.4 is 0 Å². The Morgan fingerprint density at radius 3 is 1.53 bits per heavy atom. The van der Waals surface area contributed by atoms with Crippen LogP contribution in [-0.2, 0) is 13.6 Å². The monoisotopic (exact) mass is 599 g/mol. The summed E-state index contributed by atoms with van der Waals surface area (Å²) in [6.07, 6.45) is -4.39. The summed E-state index contributed by atoms with van der Waals surface area (Å²) in [7, 11) is -3.16. The van der Waals surface area contributed by atoms with E-state index in [-0.39, 0.29) is 10.0 Å². The molecule has 2 heterocycles. The van der Waals surface area contributed by atoms with Gasteiger partial charge < -0.3 is 0 Å². The number of halogens is 6. The second-order valence-corrected chi connectivity index (χ2v) is 10.7. The molecule has 4 rings (SSSR count). The highest BCUT2D eigenvalue weighted by molar-refractivity contribution is 7.33. The van der Waals surface area contributed by atoms with Gasteiger partial charge in [-0.25, -0.2) is 18.7 Å². The Morgan fingerprint density at radius 1 is 0.735 bits per heavy atom. The minimum absolute atomic E-state index is 0.125. The molecule has 0 radical (unpaired) electrons. The zero-order chi connectivity index (χ0) is 24.4. The third kappa shape index (κ3) is 6.10. The van der Waals surface area contributed by atoms with Gasteiger partial charge in [0.25, 0.3) is 0 Å². The number of hydrogen-bond acceptors (Lipinski definition) is 7. The molecule has 4 aromatic rings. The van der Waals surface area contributed by atoms with Crippen molar-refractivity contribution in [1.29, 1.82) is 0 Å². The molecule has 0 bridgehead atoms. The molecule has 0 aliphatic rings. The molecule has 0 aliphatic carbocycles. The maximum absolute atomic E-state index is 14.5. The lowest BCUT2D eigenvalue weighted by Gasteiger charge is -2.01. The Balaban J connectivity index is 1.37. The third-order valence-electron chi connectivity index (χ3n) is 4.22. The fourth-order valence-corrected chi connectivity index (χ4v) is 5.37. The molecule has 0 aliphatic heterocycles. The lowest BCUT2D eigenvalue weighted by molar-refractivity contribution is 0.0126. The molecule has 2 unspecified atom stereocenters. The van der Waals surface area contributed by atoms with Gasteiger partial charge in [-0.3, -0.25) is 0 Å². The number of rotatable bonds is 8. The number of nitrogens with zero attached hydrogens (tertiary/aromatic N) is 2. The van der Waals surface area contributed by atoms with Crippen molar-refractivity contribution in [3.63, 3.8) is 0 Å². The van der Waals surface area contributed by atoms with Crippen molar-refractivity contribution in [2.75, 3.05) is 0 Å². The minimum Gasteiger partial charge on any atom is -0.235 e. The molecule has 34 heavy (non-hydrogen) atoms. The van der Waals surface area contributed by atoms with E-state index in [2.05, 4.69) is 19.0 Å². The maximum atomic E-state index is 14.5. The molecule has 14 heteroatoms. The van der Waals surface area contributed by atoms with Gasteiger partial charge in [0.05, 0.1) is 31.5 Å². The highest BCUT2D eigenvalue weighted by atomic mass is 35.5. The van der Waals surface area contributed by atoms with Crippen molar-refractivity contribution in [3.8, 4) is 22.5 Å². The summed E-state index contributed by atoms with van der Waals surface area (Å²) < 4.78 is 50.3. The predicted molar refractivity (Wildman–Crippen MR) is 133 cm³/mol. The highest BCUT2D eigenvalue weighted by Gasteiger charge is 2.36. The second kappa shape index (κ2) is 11.2. The Morgan fingerprint density at radius 2 is 1.15 bits per heavy atom. The van der Waals surface area contributed by atoms with E-state index in [1.54, 1.807) is 47.2 Å². The second-order valence-electron chi connectivity index (χ2n) is 6.47. The molecule has 5 nitrogen and oxygen atoms in total. The van der Waals surface area contributed by atoms with Crippen LogP contribution >= 0.6 is 77.3 Å². The van der Waals surface area contributed by atoms with Gasteiger partial charge in [0, 0.05) is 26.5 Å². The topological polar surface area (TPSA) is 61.3 Å². The van der Waals surface area contributed by atoms with E-state index in [4.69, 9.17) is 46.4 Å². The number of benzene rings is 2. The zero-order valence-corrected chi connectivity index (χ0v) is 22.0. The first-order valence-electron chi connectivity index (χ1n) is 9.12. The van der Waals surface area contributed by atoms with E-state index in [0.717, 1.165) is 22.7 Å². The van der Waals surface area contributed by atoms with Crippen LogP contribution in [0.4, 0.5) is 8.78 Å². The number of alkyl halides is 2. The molecule has 2 aromatic heterocycles. The molecule has 0 amide bonds. The Bertz CT molecular complexity index is 1260. The standard InChI is InChI=1S/C20H10Cl4F2N2O3PS2/c21-11-3-1-9(5-13(11)23)15-7-33-19(27-15)17(25)30-32(29)31-18(26)20-28-16(8-34-20)10-2-4-12(22)14(24)6-10/h1-8,17-18H/q+1. The minimum atomic E-state index is -3.16. The number of aromatic nitrogens is 2. The summed E-state index contributed by atoms with van der Waals surface area (Å²) in [5.41, 5.74) is 2.05. The number of thiazole rings is 2. The van der Waals surface area contributed by atoms with Crippen molar-refractivity contribution in [1.82, 2.24) is 9.97 Å². The summed E-state index contributed by atoms with van der Waals surface area (Å²) in [4.78, 5) is 8.20. The third-order valence-corrected chi connectivity index (χ3v) is 8.13. The van der Waals surface area contributed by atoms with Crippen molar-refractivity contribution < 1.29 is 22.4 Å². The van der Waals surface area contributed by atoms with Gasteiger partial charge in [-0.2, -0.15) is 0 Å². The van der Waals surface area contributed by atoms with Crippen molar-refractivity contribution >= 4 is 77.3 Å². The highest BCUT2D eigenvalue weighted by Crippen LogP contribution is 2.42. The summed E-state index contributed by atoms with van der Waals surface area (Å²) in [5.74, 6) is 0.